The molecule has 0 saturated carbocycles. The van der Waals surface area contributed by atoms with Crippen LogP contribution < -0.4 is 14.2 Å². The van der Waals surface area contributed by atoms with Gasteiger partial charge in [-0.3, -0.25) is 4.72 Å². The number of rotatable bonds is 6. The average molecular weight is 404 g/mol. The molecular formula is C16H15ClFNO6S. The van der Waals surface area contributed by atoms with Crippen LogP contribution in [-0.2, 0) is 14.8 Å². The van der Waals surface area contributed by atoms with Crippen molar-refractivity contribution in [3.8, 4) is 11.5 Å². The van der Waals surface area contributed by atoms with Crippen molar-refractivity contribution in [1.29, 1.82) is 0 Å². The van der Waals surface area contributed by atoms with E-state index in [-0.39, 0.29) is 27.8 Å². The highest BCUT2D eigenvalue weighted by atomic mass is 35.5. The van der Waals surface area contributed by atoms with Crippen molar-refractivity contribution in [2.75, 3.05) is 26.1 Å². The molecule has 0 atom stereocenters. The molecule has 0 bridgehead atoms. The van der Waals surface area contributed by atoms with E-state index in [0.717, 1.165) is 25.3 Å². The maximum atomic E-state index is 14.1. The highest BCUT2D eigenvalue weighted by molar-refractivity contribution is 7.92. The predicted octanol–water partition coefficient (Wildman–Crippen LogP) is 3.08. The van der Waals surface area contributed by atoms with Crippen LogP contribution in [0.15, 0.2) is 35.2 Å². The third-order valence-electron chi connectivity index (χ3n) is 3.36. The van der Waals surface area contributed by atoms with E-state index >= 15 is 0 Å². The molecule has 0 saturated heterocycles. The normalized spacial score (nSPS) is 11.0. The van der Waals surface area contributed by atoms with Gasteiger partial charge in [-0.2, -0.15) is 0 Å². The van der Waals surface area contributed by atoms with Gasteiger partial charge in [-0.15, -0.1) is 0 Å². The first kappa shape index (κ1) is 19.8. The molecule has 2 rings (SSSR count). The maximum absolute atomic E-state index is 14.1. The van der Waals surface area contributed by atoms with Gasteiger partial charge in [0.2, 0.25) is 0 Å². The lowest BCUT2D eigenvalue weighted by Gasteiger charge is -2.15. The molecule has 0 aliphatic carbocycles. The Morgan fingerprint density at radius 2 is 1.73 bits per heavy atom. The van der Waals surface area contributed by atoms with Crippen molar-refractivity contribution in [3.05, 3.63) is 46.7 Å². The molecule has 0 heterocycles. The number of sulfonamides is 1. The molecule has 0 fully saturated rings. The molecule has 0 spiro atoms. The van der Waals surface area contributed by atoms with E-state index in [9.17, 15) is 17.6 Å². The lowest BCUT2D eigenvalue weighted by atomic mass is 10.2. The first-order valence-corrected chi connectivity index (χ1v) is 8.91. The number of carbonyl (C=O) groups excluding carboxylic acids is 1. The molecule has 0 radical (unpaired) electrons. The van der Waals surface area contributed by atoms with E-state index in [1.54, 1.807) is 0 Å². The van der Waals surface area contributed by atoms with Crippen molar-refractivity contribution in [3.63, 3.8) is 0 Å². The van der Waals surface area contributed by atoms with Crippen LogP contribution in [0, 0.1) is 5.82 Å². The summed E-state index contributed by atoms with van der Waals surface area (Å²) >= 11 is 5.97. The first-order valence-electron chi connectivity index (χ1n) is 7.05. The van der Waals surface area contributed by atoms with E-state index in [1.807, 2.05) is 0 Å². The van der Waals surface area contributed by atoms with Crippen LogP contribution >= 0.6 is 11.6 Å². The van der Waals surface area contributed by atoms with Crippen LogP contribution in [0.2, 0.25) is 5.02 Å². The Labute approximate surface area is 154 Å². The Hall–Kier alpha value is -2.52. The Morgan fingerprint density at radius 3 is 2.31 bits per heavy atom. The third-order valence-corrected chi connectivity index (χ3v) is 5.04. The van der Waals surface area contributed by atoms with Crippen LogP contribution in [0.4, 0.5) is 10.1 Å². The zero-order valence-electron chi connectivity index (χ0n) is 14.0. The molecule has 0 aliphatic heterocycles. The summed E-state index contributed by atoms with van der Waals surface area (Å²) in [5.41, 5.74) is -0.133. The highest BCUT2D eigenvalue weighted by Crippen LogP contribution is 2.37. The van der Waals surface area contributed by atoms with Gasteiger partial charge in [0, 0.05) is 12.1 Å². The summed E-state index contributed by atoms with van der Waals surface area (Å²) in [6.45, 7) is 0. The second-order valence-corrected chi connectivity index (χ2v) is 6.99. The molecule has 10 heteroatoms. The minimum Gasteiger partial charge on any atom is -0.495 e. The fraction of sp³-hybridized carbons (Fsp3) is 0.188. The monoisotopic (exact) mass is 403 g/mol. The van der Waals surface area contributed by atoms with E-state index in [0.29, 0.717) is 0 Å². The SMILES string of the molecule is COC(=O)c1ccc(F)c(S(=O)(=O)Nc2cc(OC)c(Cl)cc2OC)c1. The number of carbonyl (C=O) groups is 1. The number of methoxy groups -OCH3 is 3. The van der Waals surface area contributed by atoms with E-state index in [4.69, 9.17) is 21.1 Å². The van der Waals surface area contributed by atoms with Crippen molar-refractivity contribution >= 4 is 33.3 Å². The van der Waals surface area contributed by atoms with Crippen molar-refractivity contribution < 1.29 is 31.8 Å². The lowest BCUT2D eigenvalue weighted by molar-refractivity contribution is 0.0600. The molecule has 0 amide bonds. The fourth-order valence-corrected chi connectivity index (χ4v) is 3.49. The smallest absolute Gasteiger partial charge is 0.337 e. The van der Waals surface area contributed by atoms with Gasteiger partial charge < -0.3 is 14.2 Å². The Kier molecular flexibility index (Phi) is 5.94. The van der Waals surface area contributed by atoms with Gasteiger partial charge >= 0.3 is 5.97 Å². The number of hydrogen-bond donors (Lipinski definition) is 1. The minimum absolute atomic E-state index is 0.0170. The first-order chi connectivity index (χ1) is 12.2. The van der Waals surface area contributed by atoms with Crippen molar-refractivity contribution in [2.45, 2.75) is 4.90 Å². The van der Waals surface area contributed by atoms with Gasteiger partial charge in [-0.05, 0) is 18.2 Å². The lowest BCUT2D eigenvalue weighted by Crippen LogP contribution is -2.16. The molecule has 26 heavy (non-hydrogen) atoms. The van der Waals surface area contributed by atoms with Crippen LogP contribution in [0.1, 0.15) is 10.4 Å². The molecule has 7 nitrogen and oxygen atoms in total. The summed E-state index contributed by atoms with van der Waals surface area (Å²) in [6.07, 6.45) is 0. The molecule has 140 valence electrons. The Morgan fingerprint density at radius 1 is 1.08 bits per heavy atom. The molecule has 2 aromatic rings. The maximum Gasteiger partial charge on any atom is 0.337 e. The summed E-state index contributed by atoms with van der Waals surface area (Å²) in [4.78, 5) is 10.8. The summed E-state index contributed by atoms with van der Waals surface area (Å²) in [5, 5.41) is 0.200. The summed E-state index contributed by atoms with van der Waals surface area (Å²) in [7, 11) is -0.596. The van der Waals surface area contributed by atoms with Crippen molar-refractivity contribution in [2.24, 2.45) is 0 Å². The van der Waals surface area contributed by atoms with Gasteiger partial charge in [0.25, 0.3) is 10.0 Å². The number of esters is 1. The topological polar surface area (TPSA) is 90.9 Å². The molecule has 2 aromatic carbocycles. The molecule has 0 aromatic heterocycles. The van der Waals surface area contributed by atoms with E-state index in [1.165, 1.54) is 26.4 Å². The second kappa shape index (κ2) is 7.79. The van der Waals surface area contributed by atoms with E-state index < -0.39 is 26.7 Å². The van der Waals surface area contributed by atoms with Crippen LogP contribution in [-0.4, -0.2) is 35.7 Å². The molecular weight excluding hydrogens is 389 g/mol. The largest absolute Gasteiger partial charge is 0.495 e. The zero-order valence-corrected chi connectivity index (χ0v) is 15.6. The highest BCUT2D eigenvalue weighted by Gasteiger charge is 2.24. The fourth-order valence-electron chi connectivity index (χ4n) is 2.09. The summed E-state index contributed by atoms with van der Waals surface area (Å²) in [5.74, 6) is -1.55. The van der Waals surface area contributed by atoms with Crippen LogP contribution in [0.25, 0.3) is 0 Å². The van der Waals surface area contributed by atoms with Crippen LogP contribution in [0.3, 0.4) is 0 Å². The van der Waals surface area contributed by atoms with Gasteiger partial charge in [0.1, 0.15) is 22.2 Å². The number of halogens is 2. The zero-order chi connectivity index (χ0) is 19.5. The molecule has 1 N–H and O–H groups in total. The Balaban J connectivity index is 2.51. The average Bonchev–Trinajstić information content (AvgIpc) is 2.62. The number of benzene rings is 2. The van der Waals surface area contributed by atoms with E-state index in [2.05, 4.69) is 9.46 Å². The summed E-state index contributed by atoms with van der Waals surface area (Å²) in [6, 6.07) is 5.50. The number of nitrogens with one attached hydrogen (secondary N) is 1. The molecule has 0 aliphatic rings. The number of ether oxygens (including phenoxy) is 3. The predicted molar refractivity (Wildman–Crippen MR) is 93.1 cm³/mol. The van der Waals surface area contributed by atoms with Gasteiger partial charge in [0.15, 0.2) is 0 Å². The minimum atomic E-state index is -4.39. The third kappa shape index (κ3) is 4.00. The number of anilines is 1. The van der Waals surface area contributed by atoms with Gasteiger partial charge in [-0.25, -0.2) is 17.6 Å². The van der Waals surface area contributed by atoms with Crippen LogP contribution in [0.5, 0.6) is 11.5 Å². The van der Waals surface area contributed by atoms with Gasteiger partial charge in [0.05, 0.1) is 37.6 Å². The summed E-state index contributed by atoms with van der Waals surface area (Å²) < 4.78 is 56.1. The second-order valence-electron chi connectivity index (χ2n) is 4.93. The van der Waals surface area contributed by atoms with Crippen molar-refractivity contribution in [1.82, 2.24) is 0 Å². The molecule has 0 unspecified atom stereocenters. The number of hydrogen-bond acceptors (Lipinski definition) is 6. The standard InChI is InChI=1S/C16H15ClFNO6S/c1-23-13-8-12(14(24-2)7-10(13)17)19-26(21,22)15-6-9(16(20)25-3)4-5-11(15)18/h4-8,19H,1-3H3. The quantitative estimate of drug-likeness (QED) is 0.745. The van der Waals surface area contributed by atoms with Gasteiger partial charge in [-0.1, -0.05) is 11.6 Å². The Bertz CT molecular complexity index is 948.